The summed E-state index contributed by atoms with van der Waals surface area (Å²) < 4.78 is 5.76. The largest absolute Gasteiger partial charge is 0.378 e. The first kappa shape index (κ1) is 17.9. The van der Waals surface area contributed by atoms with E-state index < -0.39 is 0 Å². The Kier molecular flexibility index (Phi) is 7.49. The molecule has 2 atom stereocenters. The molecule has 0 aromatic carbocycles. The van der Waals surface area contributed by atoms with E-state index in [1.54, 1.807) is 0 Å². The molecule has 1 saturated carbocycles. The summed E-state index contributed by atoms with van der Waals surface area (Å²) in [6, 6.07) is 0. The molecule has 3 heteroatoms. The van der Waals surface area contributed by atoms with Crippen LogP contribution in [-0.4, -0.2) is 31.3 Å². The zero-order chi connectivity index (χ0) is 15.1. The van der Waals surface area contributed by atoms with E-state index in [9.17, 15) is 0 Å². The van der Waals surface area contributed by atoms with Gasteiger partial charge in [-0.2, -0.15) is 0 Å². The van der Waals surface area contributed by atoms with Crippen molar-refractivity contribution in [2.75, 3.05) is 19.7 Å². The average molecular weight is 284 g/mol. The van der Waals surface area contributed by atoms with E-state index in [1.807, 2.05) is 0 Å². The second-order valence-electron chi connectivity index (χ2n) is 6.97. The third-order valence-electron chi connectivity index (χ3n) is 5.15. The maximum Gasteiger partial charge on any atom is 0.0662 e. The molecule has 3 N–H and O–H groups in total. The van der Waals surface area contributed by atoms with Gasteiger partial charge in [-0.25, -0.2) is 0 Å². The average Bonchev–Trinajstić information content (AvgIpc) is 2.41. The molecule has 3 nitrogen and oxygen atoms in total. The van der Waals surface area contributed by atoms with Crippen molar-refractivity contribution in [1.29, 1.82) is 0 Å². The Morgan fingerprint density at radius 2 is 1.75 bits per heavy atom. The topological polar surface area (TPSA) is 47.3 Å². The molecule has 1 fully saturated rings. The Labute approximate surface area is 126 Å². The van der Waals surface area contributed by atoms with Gasteiger partial charge in [-0.1, -0.05) is 52.9 Å². The van der Waals surface area contributed by atoms with Gasteiger partial charge in [-0.15, -0.1) is 0 Å². The lowest BCUT2D eigenvalue weighted by Gasteiger charge is -2.59. The molecule has 0 radical (unpaired) electrons. The summed E-state index contributed by atoms with van der Waals surface area (Å²) in [6.45, 7) is 11.6. The van der Waals surface area contributed by atoms with E-state index in [4.69, 9.17) is 10.5 Å². The van der Waals surface area contributed by atoms with E-state index in [0.29, 0.717) is 6.10 Å². The minimum absolute atomic E-state index is 0.0805. The Morgan fingerprint density at radius 1 is 1.10 bits per heavy atom. The van der Waals surface area contributed by atoms with Crippen molar-refractivity contribution in [3.8, 4) is 0 Å². The molecular weight excluding hydrogens is 248 g/mol. The fraction of sp³-hybridized carbons (Fsp3) is 1.00. The van der Waals surface area contributed by atoms with E-state index >= 15 is 0 Å². The number of nitrogens with two attached hydrogens (primary N) is 1. The third kappa shape index (κ3) is 4.44. The summed E-state index contributed by atoms with van der Waals surface area (Å²) in [4.78, 5) is 0. The molecule has 1 aliphatic rings. The molecule has 0 saturated heterocycles. The van der Waals surface area contributed by atoms with Crippen molar-refractivity contribution in [3.05, 3.63) is 0 Å². The molecule has 0 amide bonds. The lowest BCUT2D eigenvalue weighted by molar-refractivity contribution is -0.148. The maximum atomic E-state index is 6.54. The fourth-order valence-electron chi connectivity index (χ4n) is 3.15. The Bertz CT molecular complexity index is 268. The lowest BCUT2D eigenvalue weighted by Crippen LogP contribution is -2.73. The van der Waals surface area contributed by atoms with Crippen molar-refractivity contribution < 1.29 is 4.74 Å². The Morgan fingerprint density at radius 3 is 2.35 bits per heavy atom. The van der Waals surface area contributed by atoms with Gasteiger partial charge in [0.15, 0.2) is 0 Å². The molecule has 20 heavy (non-hydrogen) atoms. The van der Waals surface area contributed by atoms with Gasteiger partial charge in [0.2, 0.25) is 0 Å². The molecule has 0 heterocycles. The zero-order valence-corrected chi connectivity index (χ0v) is 14.1. The molecule has 0 aromatic heterocycles. The van der Waals surface area contributed by atoms with Crippen LogP contribution in [0.15, 0.2) is 0 Å². The van der Waals surface area contributed by atoms with Gasteiger partial charge in [0.25, 0.3) is 0 Å². The first-order valence-corrected chi connectivity index (χ1v) is 8.59. The highest BCUT2D eigenvalue weighted by Gasteiger charge is 2.57. The summed E-state index contributed by atoms with van der Waals surface area (Å²) in [6.07, 6.45) is 9.40. The van der Waals surface area contributed by atoms with Crippen LogP contribution < -0.4 is 11.1 Å². The van der Waals surface area contributed by atoms with Crippen LogP contribution in [0.2, 0.25) is 0 Å². The van der Waals surface area contributed by atoms with Gasteiger partial charge in [-0.05, 0) is 26.3 Å². The highest BCUT2D eigenvalue weighted by Crippen LogP contribution is 2.49. The normalized spacial score (nSPS) is 28.4. The predicted molar refractivity (Wildman–Crippen MR) is 87.0 cm³/mol. The lowest BCUT2D eigenvalue weighted by atomic mass is 9.54. The van der Waals surface area contributed by atoms with Gasteiger partial charge in [0.1, 0.15) is 0 Å². The van der Waals surface area contributed by atoms with Crippen molar-refractivity contribution in [2.24, 2.45) is 11.1 Å². The SMILES string of the molecule is CCCCCCCCNCC1(N)CC(OCC)C1(C)C. The number of nitrogens with one attached hydrogen (secondary N) is 1. The minimum atomic E-state index is -0.102. The highest BCUT2D eigenvalue weighted by atomic mass is 16.5. The summed E-state index contributed by atoms with van der Waals surface area (Å²) >= 11 is 0. The zero-order valence-electron chi connectivity index (χ0n) is 14.1. The molecule has 0 aliphatic heterocycles. The minimum Gasteiger partial charge on any atom is -0.378 e. The first-order valence-electron chi connectivity index (χ1n) is 8.59. The summed E-state index contributed by atoms with van der Waals surface area (Å²) in [5, 5.41) is 3.56. The number of hydrogen-bond acceptors (Lipinski definition) is 3. The van der Waals surface area contributed by atoms with Crippen LogP contribution >= 0.6 is 0 Å². The van der Waals surface area contributed by atoms with E-state index in [0.717, 1.165) is 26.1 Å². The van der Waals surface area contributed by atoms with Crippen LogP contribution in [0.1, 0.15) is 72.6 Å². The third-order valence-corrected chi connectivity index (χ3v) is 5.15. The molecule has 0 aromatic rings. The Balaban J connectivity index is 2.10. The maximum absolute atomic E-state index is 6.54. The predicted octanol–water partition coefficient (Wildman–Crippen LogP) is 3.47. The second kappa shape index (κ2) is 8.35. The van der Waals surface area contributed by atoms with E-state index in [2.05, 4.69) is 33.0 Å². The van der Waals surface area contributed by atoms with Gasteiger partial charge < -0.3 is 15.8 Å². The molecular formula is C17H36N2O. The number of unbranched alkanes of at least 4 members (excludes halogenated alkanes) is 5. The summed E-state index contributed by atoms with van der Waals surface area (Å²) in [7, 11) is 0. The quantitative estimate of drug-likeness (QED) is 0.571. The van der Waals surface area contributed by atoms with Crippen LogP contribution in [0.3, 0.4) is 0 Å². The van der Waals surface area contributed by atoms with Crippen LogP contribution in [0.5, 0.6) is 0 Å². The smallest absolute Gasteiger partial charge is 0.0662 e. The van der Waals surface area contributed by atoms with Crippen LogP contribution in [0.25, 0.3) is 0 Å². The van der Waals surface area contributed by atoms with Crippen LogP contribution in [-0.2, 0) is 4.74 Å². The van der Waals surface area contributed by atoms with Crippen LogP contribution in [0.4, 0.5) is 0 Å². The number of hydrogen-bond donors (Lipinski definition) is 2. The van der Waals surface area contributed by atoms with E-state index in [1.165, 1.54) is 38.5 Å². The van der Waals surface area contributed by atoms with Crippen molar-refractivity contribution >= 4 is 0 Å². The Hall–Kier alpha value is -0.120. The first-order chi connectivity index (χ1) is 9.48. The molecule has 120 valence electrons. The van der Waals surface area contributed by atoms with Gasteiger partial charge >= 0.3 is 0 Å². The molecule has 0 bridgehead atoms. The van der Waals surface area contributed by atoms with Crippen molar-refractivity contribution in [1.82, 2.24) is 5.32 Å². The standard InChI is InChI=1S/C17H36N2O/c1-5-7-8-9-10-11-12-19-14-17(18)13-15(20-6-2)16(17,3)4/h15,19H,5-14,18H2,1-4H3. The fourth-order valence-corrected chi connectivity index (χ4v) is 3.15. The van der Waals surface area contributed by atoms with Gasteiger partial charge in [-0.3, -0.25) is 0 Å². The van der Waals surface area contributed by atoms with Crippen molar-refractivity contribution in [3.63, 3.8) is 0 Å². The van der Waals surface area contributed by atoms with Gasteiger partial charge in [0.05, 0.1) is 6.10 Å². The second-order valence-corrected chi connectivity index (χ2v) is 6.97. The van der Waals surface area contributed by atoms with Gasteiger partial charge in [0, 0.05) is 24.1 Å². The molecule has 1 aliphatic carbocycles. The molecule has 1 rings (SSSR count). The van der Waals surface area contributed by atoms with E-state index in [-0.39, 0.29) is 11.0 Å². The van der Waals surface area contributed by atoms with Crippen LogP contribution in [0, 0.1) is 5.41 Å². The molecule has 0 spiro atoms. The monoisotopic (exact) mass is 284 g/mol. The summed E-state index contributed by atoms with van der Waals surface area (Å²) in [5.74, 6) is 0. The number of ether oxygens (including phenoxy) is 1. The number of rotatable bonds is 11. The highest BCUT2D eigenvalue weighted by molar-refractivity contribution is 5.14. The molecule has 2 unspecified atom stereocenters. The van der Waals surface area contributed by atoms with Crippen molar-refractivity contribution in [2.45, 2.75) is 84.3 Å². The summed E-state index contributed by atoms with van der Waals surface area (Å²) in [5.41, 5.74) is 6.52.